The molecule has 1 aromatic rings. The SMILES string of the molecule is CCCCNC(=S)Nc1ccc(OC(F)F)c(Cl)c1. The molecule has 0 amide bonds. The Hall–Kier alpha value is -1.14. The van der Waals surface area contributed by atoms with E-state index < -0.39 is 6.61 Å². The van der Waals surface area contributed by atoms with Gasteiger partial charge < -0.3 is 15.4 Å². The van der Waals surface area contributed by atoms with Crippen LogP contribution in [0.2, 0.25) is 5.02 Å². The lowest BCUT2D eigenvalue weighted by Gasteiger charge is -2.12. The van der Waals surface area contributed by atoms with Gasteiger partial charge in [-0.1, -0.05) is 24.9 Å². The van der Waals surface area contributed by atoms with Crippen LogP contribution in [-0.4, -0.2) is 18.3 Å². The van der Waals surface area contributed by atoms with Crippen LogP contribution in [0.5, 0.6) is 5.75 Å². The quantitative estimate of drug-likeness (QED) is 0.614. The number of hydrogen-bond acceptors (Lipinski definition) is 2. The number of hydrogen-bond donors (Lipinski definition) is 2. The van der Waals surface area contributed by atoms with Crippen LogP contribution in [-0.2, 0) is 0 Å². The Kier molecular flexibility index (Phi) is 6.80. The van der Waals surface area contributed by atoms with E-state index in [1.807, 2.05) is 0 Å². The number of thiocarbonyl (C=S) groups is 1. The molecule has 0 aromatic heterocycles. The minimum absolute atomic E-state index is 0.0629. The van der Waals surface area contributed by atoms with Crippen LogP contribution in [0.15, 0.2) is 18.2 Å². The first kappa shape index (κ1) is 15.9. The van der Waals surface area contributed by atoms with Gasteiger partial charge in [-0.15, -0.1) is 0 Å². The van der Waals surface area contributed by atoms with Crippen molar-refractivity contribution in [3.63, 3.8) is 0 Å². The lowest BCUT2D eigenvalue weighted by atomic mass is 10.3. The van der Waals surface area contributed by atoms with E-state index in [2.05, 4.69) is 22.3 Å². The standard InChI is InChI=1S/C12H15ClF2N2OS/c1-2-3-6-16-12(19)17-8-4-5-10(9(13)7-8)18-11(14)15/h4-5,7,11H,2-3,6H2,1H3,(H2,16,17,19). The summed E-state index contributed by atoms with van der Waals surface area (Å²) in [6.45, 7) is -0.0319. The van der Waals surface area contributed by atoms with Crippen molar-refractivity contribution < 1.29 is 13.5 Å². The summed E-state index contributed by atoms with van der Waals surface area (Å²) in [6.07, 6.45) is 2.09. The summed E-state index contributed by atoms with van der Waals surface area (Å²) in [4.78, 5) is 0. The molecule has 3 nitrogen and oxygen atoms in total. The molecular formula is C12H15ClF2N2OS. The maximum Gasteiger partial charge on any atom is 0.387 e. The fraction of sp³-hybridized carbons (Fsp3) is 0.417. The van der Waals surface area contributed by atoms with Crippen molar-refractivity contribution in [2.75, 3.05) is 11.9 Å². The Balaban J connectivity index is 2.55. The molecule has 0 radical (unpaired) electrons. The van der Waals surface area contributed by atoms with Gasteiger partial charge in [0.05, 0.1) is 5.02 Å². The fourth-order valence-corrected chi connectivity index (χ4v) is 1.77. The van der Waals surface area contributed by atoms with Crippen molar-refractivity contribution in [3.8, 4) is 5.75 Å². The number of nitrogens with one attached hydrogen (secondary N) is 2. The third-order valence-corrected chi connectivity index (χ3v) is 2.76. The second kappa shape index (κ2) is 8.12. The van der Waals surface area contributed by atoms with E-state index >= 15 is 0 Å². The lowest BCUT2D eigenvalue weighted by Crippen LogP contribution is -2.29. The van der Waals surface area contributed by atoms with E-state index in [4.69, 9.17) is 23.8 Å². The van der Waals surface area contributed by atoms with Crippen molar-refractivity contribution in [1.29, 1.82) is 0 Å². The van der Waals surface area contributed by atoms with Crippen molar-refractivity contribution in [2.24, 2.45) is 0 Å². The molecule has 106 valence electrons. The fourth-order valence-electron chi connectivity index (χ4n) is 1.32. The van der Waals surface area contributed by atoms with Gasteiger partial charge in [0.15, 0.2) is 5.11 Å². The third-order valence-electron chi connectivity index (χ3n) is 2.22. The molecule has 0 heterocycles. The molecule has 2 N–H and O–H groups in total. The topological polar surface area (TPSA) is 33.3 Å². The Morgan fingerprint density at radius 2 is 2.21 bits per heavy atom. The monoisotopic (exact) mass is 308 g/mol. The zero-order valence-corrected chi connectivity index (χ0v) is 12.0. The predicted octanol–water partition coefficient (Wildman–Crippen LogP) is 4.03. The number of halogens is 3. The highest BCUT2D eigenvalue weighted by molar-refractivity contribution is 7.80. The average molecular weight is 309 g/mol. The number of ether oxygens (including phenoxy) is 1. The number of rotatable bonds is 6. The highest BCUT2D eigenvalue weighted by atomic mass is 35.5. The van der Waals surface area contributed by atoms with Crippen LogP contribution in [0.25, 0.3) is 0 Å². The second-order valence-electron chi connectivity index (χ2n) is 3.76. The van der Waals surface area contributed by atoms with Gasteiger partial charge in [0, 0.05) is 12.2 Å². The molecule has 0 unspecified atom stereocenters. The molecule has 0 atom stereocenters. The summed E-state index contributed by atoms with van der Waals surface area (Å²) in [6, 6.07) is 4.41. The van der Waals surface area contributed by atoms with E-state index in [-0.39, 0.29) is 10.8 Å². The molecule has 0 fully saturated rings. The minimum atomic E-state index is -2.90. The van der Waals surface area contributed by atoms with Gasteiger partial charge in [-0.3, -0.25) is 0 Å². The predicted molar refractivity (Wildman–Crippen MR) is 77.2 cm³/mol. The molecule has 0 saturated heterocycles. The highest BCUT2D eigenvalue weighted by Gasteiger charge is 2.09. The van der Waals surface area contributed by atoms with Gasteiger partial charge in [0.25, 0.3) is 0 Å². The van der Waals surface area contributed by atoms with Crippen molar-refractivity contribution in [3.05, 3.63) is 23.2 Å². The number of unbranched alkanes of at least 4 members (excludes halogenated alkanes) is 1. The zero-order valence-electron chi connectivity index (χ0n) is 10.4. The summed E-state index contributed by atoms with van der Waals surface area (Å²) < 4.78 is 28.4. The van der Waals surface area contributed by atoms with E-state index in [1.165, 1.54) is 12.1 Å². The number of alkyl halides is 2. The summed E-state index contributed by atoms with van der Waals surface area (Å²) in [7, 11) is 0. The molecule has 0 aliphatic carbocycles. The maximum absolute atomic E-state index is 12.1. The Labute approximate surface area is 121 Å². The molecule has 1 rings (SSSR count). The number of anilines is 1. The first-order valence-corrected chi connectivity index (χ1v) is 6.60. The summed E-state index contributed by atoms with van der Waals surface area (Å²) in [5, 5.41) is 6.50. The largest absolute Gasteiger partial charge is 0.433 e. The van der Waals surface area contributed by atoms with Gasteiger partial charge in [-0.05, 0) is 36.8 Å². The van der Waals surface area contributed by atoms with Gasteiger partial charge in [0.2, 0.25) is 0 Å². The van der Waals surface area contributed by atoms with Gasteiger partial charge >= 0.3 is 6.61 Å². The average Bonchev–Trinajstić information content (AvgIpc) is 2.32. The van der Waals surface area contributed by atoms with Crippen LogP contribution >= 0.6 is 23.8 Å². The highest BCUT2D eigenvalue weighted by Crippen LogP contribution is 2.28. The minimum Gasteiger partial charge on any atom is -0.433 e. The van der Waals surface area contributed by atoms with Crippen molar-refractivity contribution in [1.82, 2.24) is 5.32 Å². The van der Waals surface area contributed by atoms with Gasteiger partial charge in [0.1, 0.15) is 5.75 Å². The first-order valence-electron chi connectivity index (χ1n) is 5.82. The van der Waals surface area contributed by atoms with Crippen LogP contribution in [0.3, 0.4) is 0 Å². The molecule has 0 saturated carbocycles. The van der Waals surface area contributed by atoms with Crippen LogP contribution < -0.4 is 15.4 Å². The molecule has 7 heteroatoms. The molecule has 0 spiro atoms. The lowest BCUT2D eigenvalue weighted by molar-refractivity contribution is -0.0497. The summed E-state index contributed by atoms with van der Waals surface area (Å²) >= 11 is 10.9. The molecule has 0 aliphatic rings. The van der Waals surface area contributed by atoms with E-state index in [9.17, 15) is 8.78 Å². The molecule has 1 aromatic carbocycles. The Bertz CT molecular complexity index is 432. The second-order valence-corrected chi connectivity index (χ2v) is 4.57. The normalized spacial score (nSPS) is 10.4. The van der Waals surface area contributed by atoms with Gasteiger partial charge in [-0.2, -0.15) is 8.78 Å². The Morgan fingerprint density at radius 1 is 1.47 bits per heavy atom. The summed E-state index contributed by atoms with van der Waals surface area (Å²) in [5.74, 6) is -0.0629. The smallest absolute Gasteiger partial charge is 0.387 e. The molecular weight excluding hydrogens is 294 g/mol. The van der Waals surface area contributed by atoms with Gasteiger partial charge in [-0.25, -0.2) is 0 Å². The number of benzene rings is 1. The third kappa shape index (κ3) is 6.02. The van der Waals surface area contributed by atoms with E-state index in [0.29, 0.717) is 10.8 Å². The van der Waals surface area contributed by atoms with Crippen molar-refractivity contribution >= 4 is 34.6 Å². The molecule has 0 bridgehead atoms. The Morgan fingerprint density at radius 3 is 2.79 bits per heavy atom. The van der Waals surface area contributed by atoms with Crippen LogP contribution in [0.4, 0.5) is 14.5 Å². The van der Waals surface area contributed by atoms with E-state index in [1.54, 1.807) is 6.07 Å². The molecule has 0 aliphatic heterocycles. The summed E-state index contributed by atoms with van der Waals surface area (Å²) in [5.41, 5.74) is 0.612. The van der Waals surface area contributed by atoms with E-state index in [0.717, 1.165) is 19.4 Å². The molecule has 19 heavy (non-hydrogen) atoms. The van der Waals surface area contributed by atoms with Crippen LogP contribution in [0, 0.1) is 0 Å². The van der Waals surface area contributed by atoms with Crippen molar-refractivity contribution in [2.45, 2.75) is 26.4 Å². The first-order chi connectivity index (χ1) is 9.02. The zero-order chi connectivity index (χ0) is 14.3. The maximum atomic E-state index is 12.1. The van der Waals surface area contributed by atoms with Crippen LogP contribution in [0.1, 0.15) is 19.8 Å².